The largest absolute Gasteiger partial charge is 0.506 e. The Bertz CT molecular complexity index is 1070. The highest BCUT2D eigenvalue weighted by Crippen LogP contribution is 2.27. The molecule has 4 rings (SSSR count). The van der Waals surface area contributed by atoms with Crippen LogP contribution in [0.25, 0.3) is 0 Å². The van der Waals surface area contributed by atoms with Crippen molar-refractivity contribution in [2.24, 2.45) is 0 Å². The zero-order valence-corrected chi connectivity index (χ0v) is 17.0. The van der Waals surface area contributed by atoms with E-state index in [9.17, 15) is 14.7 Å². The SMILES string of the molecule is O=C(c1ccc(Cl)cc1)c1ccccc1C(=O)N1CCN(c2ccccc2O)CC1. The maximum atomic E-state index is 13.2. The highest BCUT2D eigenvalue weighted by atomic mass is 35.5. The summed E-state index contributed by atoms with van der Waals surface area (Å²) in [5.41, 5.74) is 2.04. The third-order valence-corrected chi connectivity index (χ3v) is 5.55. The summed E-state index contributed by atoms with van der Waals surface area (Å²) in [6.45, 7) is 2.24. The van der Waals surface area contributed by atoms with Crippen LogP contribution < -0.4 is 4.90 Å². The normalized spacial score (nSPS) is 13.9. The Morgan fingerprint density at radius 1 is 0.767 bits per heavy atom. The van der Waals surface area contributed by atoms with E-state index in [0.29, 0.717) is 47.9 Å². The lowest BCUT2D eigenvalue weighted by Crippen LogP contribution is -2.49. The van der Waals surface area contributed by atoms with Gasteiger partial charge < -0.3 is 14.9 Å². The summed E-state index contributed by atoms with van der Waals surface area (Å²) >= 11 is 5.92. The van der Waals surface area contributed by atoms with Gasteiger partial charge in [-0.05, 0) is 42.5 Å². The summed E-state index contributed by atoms with van der Waals surface area (Å²) < 4.78 is 0. The van der Waals surface area contributed by atoms with E-state index in [-0.39, 0.29) is 17.4 Å². The number of nitrogens with zero attached hydrogens (tertiary/aromatic N) is 2. The van der Waals surface area contributed by atoms with E-state index >= 15 is 0 Å². The van der Waals surface area contributed by atoms with Gasteiger partial charge in [-0.15, -0.1) is 0 Å². The molecule has 152 valence electrons. The first kappa shape index (κ1) is 20.0. The first-order valence-corrected chi connectivity index (χ1v) is 10.1. The zero-order chi connectivity index (χ0) is 21.1. The van der Waals surface area contributed by atoms with Crippen LogP contribution in [0.4, 0.5) is 5.69 Å². The minimum atomic E-state index is -0.205. The molecule has 0 bridgehead atoms. The van der Waals surface area contributed by atoms with Gasteiger partial charge >= 0.3 is 0 Å². The second kappa shape index (κ2) is 8.59. The Morgan fingerprint density at radius 2 is 1.37 bits per heavy atom. The van der Waals surface area contributed by atoms with E-state index in [1.165, 1.54) is 0 Å². The fourth-order valence-electron chi connectivity index (χ4n) is 3.68. The van der Waals surface area contributed by atoms with Gasteiger partial charge in [-0.25, -0.2) is 0 Å². The molecule has 1 N–H and O–H groups in total. The second-order valence-corrected chi connectivity index (χ2v) is 7.59. The molecule has 0 unspecified atom stereocenters. The number of hydrogen-bond donors (Lipinski definition) is 1. The summed E-state index contributed by atoms with van der Waals surface area (Å²) in [5, 5.41) is 10.6. The van der Waals surface area contributed by atoms with E-state index in [2.05, 4.69) is 4.90 Å². The Hall–Kier alpha value is -3.31. The fourth-order valence-corrected chi connectivity index (χ4v) is 3.80. The number of carbonyl (C=O) groups is 2. The number of phenols is 1. The highest BCUT2D eigenvalue weighted by Gasteiger charge is 2.26. The maximum Gasteiger partial charge on any atom is 0.254 e. The number of hydrogen-bond acceptors (Lipinski definition) is 4. The number of anilines is 1. The van der Waals surface area contributed by atoms with Gasteiger partial charge in [0.25, 0.3) is 5.91 Å². The minimum Gasteiger partial charge on any atom is -0.506 e. The summed E-state index contributed by atoms with van der Waals surface area (Å²) in [6, 6.07) is 20.8. The highest BCUT2D eigenvalue weighted by molar-refractivity contribution is 6.30. The van der Waals surface area contributed by atoms with Crippen molar-refractivity contribution in [1.82, 2.24) is 4.90 Å². The number of amides is 1. The fraction of sp³-hybridized carbons (Fsp3) is 0.167. The standard InChI is InChI=1S/C24H21ClN2O3/c25-18-11-9-17(10-12-18)23(29)19-5-1-2-6-20(19)24(30)27-15-13-26(14-16-27)21-7-3-4-8-22(21)28/h1-12,28H,13-16H2. The van der Waals surface area contributed by atoms with Crippen molar-refractivity contribution in [2.75, 3.05) is 31.1 Å². The molecule has 30 heavy (non-hydrogen) atoms. The number of rotatable bonds is 4. The Morgan fingerprint density at radius 3 is 2.03 bits per heavy atom. The molecule has 3 aromatic carbocycles. The Labute approximate surface area is 180 Å². The molecule has 0 atom stereocenters. The van der Waals surface area contributed by atoms with Crippen LogP contribution in [0.2, 0.25) is 5.02 Å². The number of piperazine rings is 1. The molecule has 0 radical (unpaired) electrons. The summed E-state index contributed by atoms with van der Waals surface area (Å²) in [7, 11) is 0. The van der Waals surface area contributed by atoms with Crippen molar-refractivity contribution in [2.45, 2.75) is 0 Å². The molecule has 5 nitrogen and oxygen atoms in total. The Balaban J connectivity index is 1.51. The number of ketones is 1. The molecule has 6 heteroatoms. The first-order valence-electron chi connectivity index (χ1n) is 9.76. The third kappa shape index (κ3) is 4.02. The van der Waals surface area contributed by atoms with Crippen LogP contribution in [0.15, 0.2) is 72.8 Å². The van der Waals surface area contributed by atoms with Crippen LogP contribution in [-0.2, 0) is 0 Å². The quantitative estimate of drug-likeness (QED) is 0.641. The predicted octanol–water partition coefficient (Wildman–Crippen LogP) is 4.24. The molecule has 1 amide bonds. The predicted molar refractivity (Wildman–Crippen MR) is 118 cm³/mol. The average molecular weight is 421 g/mol. The molecule has 0 aromatic heterocycles. The van der Waals surface area contributed by atoms with Gasteiger partial charge in [0.15, 0.2) is 5.78 Å². The summed E-state index contributed by atoms with van der Waals surface area (Å²) in [6.07, 6.45) is 0. The topological polar surface area (TPSA) is 60.9 Å². The van der Waals surface area contributed by atoms with Crippen molar-refractivity contribution in [1.29, 1.82) is 0 Å². The molecule has 0 aliphatic carbocycles. The molecule has 1 aliphatic heterocycles. The van der Waals surface area contributed by atoms with Crippen LogP contribution in [-0.4, -0.2) is 47.9 Å². The van der Waals surface area contributed by atoms with Crippen molar-refractivity contribution in [3.8, 4) is 5.75 Å². The molecular weight excluding hydrogens is 400 g/mol. The molecule has 1 heterocycles. The average Bonchev–Trinajstić information content (AvgIpc) is 2.79. The summed E-state index contributed by atoms with van der Waals surface area (Å²) in [4.78, 5) is 30.0. The van der Waals surface area contributed by atoms with Gasteiger partial charge in [-0.2, -0.15) is 0 Å². The molecule has 1 aliphatic rings. The van der Waals surface area contributed by atoms with Crippen molar-refractivity contribution in [3.05, 3.63) is 94.5 Å². The lowest BCUT2D eigenvalue weighted by Gasteiger charge is -2.36. The first-order chi connectivity index (χ1) is 14.5. The number of halogens is 1. The van der Waals surface area contributed by atoms with E-state index in [1.54, 1.807) is 65.6 Å². The van der Waals surface area contributed by atoms with Gasteiger partial charge in [0.1, 0.15) is 5.75 Å². The van der Waals surface area contributed by atoms with Crippen LogP contribution in [0, 0.1) is 0 Å². The van der Waals surface area contributed by atoms with Crippen LogP contribution >= 0.6 is 11.6 Å². The minimum absolute atomic E-state index is 0.162. The lowest BCUT2D eigenvalue weighted by molar-refractivity contribution is 0.0742. The third-order valence-electron chi connectivity index (χ3n) is 5.30. The van der Waals surface area contributed by atoms with Crippen LogP contribution in [0.1, 0.15) is 26.3 Å². The number of phenolic OH excluding ortho intramolecular Hbond substituents is 1. The monoisotopic (exact) mass is 420 g/mol. The lowest BCUT2D eigenvalue weighted by atomic mass is 9.97. The van der Waals surface area contributed by atoms with Crippen molar-refractivity contribution >= 4 is 29.0 Å². The number of aromatic hydroxyl groups is 1. The van der Waals surface area contributed by atoms with Crippen LogP contribution in [0.3, 0.4) is 0 Å². The number of para-hydroxylation sites is 2. The molecule has 0 spiro atoms. The van der Waals surface area contributed by atoms with Crippen molar-refractivity contribution in [3.63, 3.8) is 0 Å². The number of carbonyl (C=O) groups excluding carboxylic acids is 2. The molecule has 1 saturated heterocycles. The summed E-state index contributed by atoms with van der Waals surface area (Å²) in [5.74, 6) is -0.135. The Kier molecular flexibility index (Phi) is 5.72. The zero-order valence-electron chi connectivity index (χ0n) is 16.3. The van der Waals surface area contributed by atoms with E-state index in [4.69, 9.17) is 11.6 Å². The van der Waals surface area contributed by atoms with Gasteiger partial charge in [-0.3, -0.25) is 9.59 Å². The molecule has 0 saturated carbocycles. The van der Waals surface area contributed by atoms with Gasteiger partial charge in [0, 0.05) is 42.3 Å². The van der Waals surface area contributed by atoms with E-state index in [0.717, 1.165) is 5.69 Å². The maximum absolute atomic E-state index is 13.2. The van der Waals surface area contributed by atoms with Crippen LogP contribution in [0.5, 0.6) is 5.75 Å². The van der Waals surface area contributed by atoms with Gasteiger partial charge in [-0.1, -0.05) is 41.9 Å². The molecular formula is C24H21ClN2O3. The van der Waals surface area contributed by atoms with Gasteiger partial charge in [0.05, 0.1) is 11.3 Å². The molecule has 3 aromatic rings. The van der Waals surface area contributed by atoms with Crippen molar-refractivity contribution < 1.29 is 14.7 Å². The van der Waals surface area contributed by atoms with E-state index in [1.807, 2.05) is 12.1 Å². The number of benzene rings is 3. The van der Waals surface area contributed by atoms with E-state index < -0.39 is 0 Å². The smallest absolute Gasteiger partial charge is 0.254 e. The van der Waals surface area contributed by atoms with Gasteiger partial charge in [0.2, 0.25) is 0 Å². The molecule has 1 fully saturated rings. The second-order valence-electron chi connectivity index (χ2n) is 7.15.